The van der Waals surface area contributed by atoms with Gasteiger partial charge in [0.25, 0.3) is 0 Å². The maximum atomic E-state index is 6.01. The van der Waals surface area contributed by atoms with Gasteiger partial charge < -0.3 is 14.5 Å². The van der Waals surface area contributed by atoms with Gasteiger partial charge in [-0.05, 0) is 44.7 Å². The molecule has 3 nitrogen and oxygen atoms in total. The van der Waals surface area contributed by atoms with Gasteiger partial charge in [-0.1, -0.05) is 11.6 Å². The van der Waals surface area contributed by atoms with E-state index < -0.39 is 0 Å². The summed E-state index contributed by atoms with van der Waals surface area (Å²) in [5.41, 5.74) is 0.881. The molecule has 0 amide bonds. The minimum absolute atomic E-state index is 0.184. The number of hydrogen-bond acceptors (Lipinski definition) is 3. The maximum Gasteiger partial charge on any atom is 0.134 e. The van der Waals surface area contributed by atoms with E-state index in [0.717, 1.165) is 34.8 Å². The monoisotopic (exact) mass is 279 g/mol. The Morgan fingerprint density at radius 1 is 1.37 bits per heavy atom. The number of hydrogen-bond donors (Lipinski definition) is 1. The predicted octanol–water partition coefficient (Wildman–Crippen LogP) is 3.77. The number of furan rings is 1. The Kier molecular flexibility index (Phi) is 3.52. The molecule has 0 radical (unpaired) electrons. The fraction of sp³-hybridized carbons (Fsp3) is 0.467. The van der Waals surface area contributed by atoms with Crippen LogP contribution in [0.4, 0.5) is 0 Å². The van der Waals surface area contributed by atoms with Gasteiger partial charge in [0.2, 0.25) is 0 Å². The fourth-order valence-electron chi connectivity index (χ4n) is 2.94. The van der Waals surface area contributed by atoms with Gasteiger partial charge in [-0.15, -0.1) is 0 Å². The molecule has 102 valence electrons. The van der Waals surface area contributed by atoms with Crippen LogP contribution in [-0.4, -0.2) is 19.8 Å². The van der Waals surface area contributed by atoms with E-state index in [2.05, 4.69) is 18.3 Å². The molecule has 1 aliphatic heterocycles. The van der Waals surface area contributed by atoms with Crippen molar-refractivity contribution in [3.05, 3.63) is 35.0 Å². The van der Waals surface area contributed by atoms with Crippen LogP contribution in [0.5, 0.6) is 0 Å². The second kappa shape index (κ2) is 5.16. The molecule has 2 heterocycles. The van der Waals surface area contributed by atoms with Crippen LogP contribution in [0.25, 0.3) is 11.0 Å². The number of fused-ring (bicyclic) bond motifs is 1. The van der Waals surface area contributed by atoms with E-state index in [-0.39, 0.29) is 12.1 Å². The summed E-state index contributed by atoms with van der Waals surface area (Å²) in [5.74, 6) is 1.41. The highest BCUT2D eigenvalue weighted by atomic mass is 35.5. The lowest BCUT2D eigenvalue weighted by molar-refractivity contribution is 0.0938. The van der Waals surface area contributed by atoms with Crippen LogP contribution >= 0.6 is 11.6 Å². The molecule has 1 aromatic carbocycles. The SMILES string of the molecule is CNC(c1cc2cc(Cl)ccc2o1)C1CCOC1C. The largest absolute Gasteiger partial charge is 0.459 e. The summed E-state index contributed by atoms with van der Waals surface area (Å²) < 4.78 is 11.6. The third kappa shape index (κ3) is 2.38. The Morgan fingerprint density at radius 2 is 2.21 bits per heavy atom. The lowest BCUT2D eigenvalue weighted by Gasteiger charge is -2.23. The number of benzene rings is 1. The lowest BCUT2D eigenvalue weighted by atomic mass is 9.92. The van der Waals surface area contributed by atoms with Crippen LogP contribution in [0.3, 0.4) is 0 Å². The van der Waals surface area contributed by atoms with E-state index in [1.807, 2.05) is 25.2 Å². The Bertz CT molecular complexity index is 581. The lowest BCUT2D eigenvalue weighted by Crippen LogP contribution is -2.29. The molecular formula is C15H18ClNO2. The molecule has 2 aromatic rings. The number of halogens is 1. The third-order valence-corrected chi connectivity index (χ3v) is 4.21. The molecule has 19 heavy (non-hydrogen) atoms. The Balaban J connectivity index is 1.96. The number of ether oxygens (including phenoxy) is 1. The van der Waals surface area contributed by atoms with Gasteiger partial charge in [0.05, 0.1) is 12.1 Å². The van der Waals surface area contributed by atoms with Crippen molar-refractivity contribution in [3.8, 4) is 0 Å². The van der Waals surface area contributed by atoms with Gasteiger partial charge in [-0.2, -0.15) is 0 Å². The van der Waals surface area contributed by atoms with E-state index in [0.29, 0.717) is 5.92 Å². The molecule has 4 heteroatoms. The predicted molar refractivity (Wildman–Crippen MR) is 76.5 cm³/mol. The zero-order valence-corrected chi connectivity index (χ0v) is 11.9. The molecule has 1 saturated heterocycles. The Hall–Kier alpha value is -1.03. The summed E-state index contributed by atoms with van der Waals surface area (Å²) in [7, 11) is 1.97. The first-order chi connectivity index (χ1) is 9.19. The van der Waals surface area contributed by atoms with Gasteiger partial charge in [0.15, 0.2) is 0 Å². The summed E-state index contributed by atoms with van der Waals surface area (Å²) in [6, 6.07) is 7.97. The molecular weight excluding hydrogens is 262 g/mol. The summed E-state index contributed by atoms with van der Waals surface area (Å²) in [6.07, 6.45) is 1.32. The summed E-state index contributed by atoms with van der Waals surface area (Å²) in [5, 5.41) is 5.14. The third-order valence-electron chi connectivity index (χ3n) is 3.98. The quantitative estimate of drug-likeness (QED) is 0.929. The highest BCUT2D eigenvalue weighted by Gasteiger charge is 2.33. The zero-order chi connectivity index (χ0) is 13.4. The molecule has 3 unspecified atom stereocenters. The zero-order valence-electron chi connectivity index (χ0n) is 11.2. The van der Waals surface area contributed by atoms with Crippen LogP contribution in [0.1, 0.15) is 25.1 Å². The second-order valence-corrected chi connectivity index (χ2v) is 5.56. The standard InChI is InChI=1S/C15H18ClNO2/c1-9-12(5-6-18-9)15(17-2)14-8-10-7-11(16)3-4-13(10)19-14/h3-4,7-9,12,15,17H,5-6H2,1-2H3. The maximum absolute atomic E-state index is 6.01. The first-order valence-corrected chi connectivity index (χ1v) is 7.04. The molecule has 1 aliphatic rings. The summed E-state index contributed by atoms with van der Waals surface area (Å²) >= 11 is 6.01. The molecule has 0 aliphatic carbocycles. The molecule has 3 rings (SSSR count). The van der Waals surface area contributed by atoms with Gasteiger partial charge in [-0.3, -0.25) is 0 Å². The molecule has 1 aromatic heterocycles. The number of nitrogens with one attached hydrogen (secondary N) is 1. The van der Waals surface area contributed by atoms with Crippen LogP contribution in [-0.2, 0) is 4.74 Å². The van der Waals surface area contributed by atoms with Gasteiger partial charge in [0.1, 0.15) is 11.3 Å². The second-order valence-electron chi connectivity index (χ2n) is 5.13. The normalized spacial score (nSPS) is 25.0. The molecule has 0 bridgehead atoms. The van der Waals surface area contributed by atoms with Crippen molar-refractivity contribution < 1.29 is 9.15 Å². The van der Waals surface area contributed by atoms with Crippen LogP contribution < -0.4 is 5.32 Å². The van der Waals surface area contributed by atoms with E-state index in [4.69, 9.17) is 20.8 Å². The van der Waals surface area contributed by atoms with Crippen molar-refractivity contribution in [2.75, 3.05) is 13.7 Å². The highest BCUT2D eigenvalue weighted by molar-refractivity contribution is 6.31. The van der Waals surface area contributed by atoms with Crippen LogP contribution in [0.15, 0.2) is 28.7 Å². The molecule has 3 atom stereocenters. The fourth-order valence-corrected chi connectivity index (χ4v) is 3.12. The van der Waals surface area contributed by atoms with E-state index >= 15 is 0 Å². The number of rotatable bonds is 3. The average molecular weight is 280 g/mol. The summed E-state index contributed by atoms with van der Waals surface area (Å²) in [4.78, 5) is 0. The topological polar surface area (TPSA) is 34.4 Å². The van der Waals surface area contributed by atoms with Crippen molar-refractivity contribution in [2.45, 2.75) is 25.5 Å². The van der Waals surface area contributed by atoms with E-state index in [9.17, 15) is 0 Å². The van der Waals surface area contributed by atoms with Crippen molar-refractivity contribution in [3.63, 3.8) is 0 Å². The molecule has 1 N–H and O–H groups in total. The highest BCUT2D eigenvalue weighted by Crippen LogP contribution is 2.35. The average Bonchev–Trinajstić information content (AvgIpc) is 2.97. The Morgan fingerprint density at radius 3 is 2.89 bits per heavy atom. The minimum Gasteiger partial charge on any atom is -0.459 e. The molecule has 0 saturated carbocycles. The smallest absolute Gasteiger partial charge is 0.134 e. The first-order valence-electron chi connectivity index (χ1n) is 6.67. The van der Waals surface area contributed by atoms with Gasteiger partial charge >= 0.3 is 0 Å². The van der Waals surface area contributed by atoms with Crippen LogP contribution in [0.2, 0.25) is 5.02 Å². The minimum atomic E-state index is 0.184. The first kappa shape index (κ1) is 13.0. The molecule has 0 spiro atoms. The Labute approximate surface area is 117 Å². The van der Waals surface area contributed by atoms with Gasteiger partial charge in [-0.25, -0.2) is 0 Å². The van der Waals surface area contributed by atoms with Crippen LogP contribution in [0, 0.1) is 5.92 Å². The van der Waals surface area contributed by atoms with Crippen molar-refractivity contribution in [1.82, 2.24) is 5.32 Å². The van der Waals surface area contributed by atoms with Crippen molar-refractivity contribution in [2.24, 2.45) is 5.92 Å². The molecule has 1 fully saturated rings. The van der Waals surface area contributed by atoms with E-state index in [1.54, 1.807) is 0 Å². The van der Waals surface area contributed by atoms with Crippen molar-refractivity contribution >= 4 is 22.6 Å². The van der Waals surface area contributed by atoms with E-state index in [1.165, 1.54) is 0 Å². The summed E-state index contributed by atoms with van der Waals surface area (Å²) in [6.45, 7) is 2.96. The van der Waals surface area contributed by atoms with Crippen molar-refractivity contribution in [1.29, 1.82) is 0 Å². The van der Waals surface area contributed by atoms with Gasteiger partial charge in [0, 0.05) is 22.9 Å².